The Balaban J connectivity index is 2.12. The average Bonchev–Trinajstić information content (AvgIpc) is 3.04. The van der Waals surface area contributed by atoms with Crippen molar-refractivity contribution in [3.8, 4) is 0 Å². The van der Waals surface area contributed by atoms with Gasteiger partial charge in [-0.3, -0.25) is 0 Å². The topological polar surface area (TPSA) is 39.1 Å². The Bertz CT molecular complexity index is 382. The third-order valence-corrected chi connectivity index (χ3v) is 4.44. The molecule has 1 aromatic heterocycles. The molecule has 0 bridgehead atoms. The molecule has 19 heavy (non-hydrogen) atoms. The normalized spacial score (nSPS) is 19.7. The zero-order valence-corrected chi connectivity index (χ0v) is 12.5. The van der Waals surface area contributed by atoms with E-state index in [4.69, 9.17) is 4.74 Å². The van der Waals surface area contributed by atoms with Crippen molar-refractivity contribution in [1.82, 2.24) is 14.9 Å². The summed E-state index contributed by atoms with van der Waals surface area (Å²) in [6.45, 7) is 3.25. The first-order chi connectivity index (χ1) is 9.22. The molecule has 4 nitrogen and oxygen atoms in total. The zero-order chi connectivity index (χ0) is 13.7. The summed E-state index contributed by atoms with van der Waals surface area (Å²) in [5.74, 6) is 1.14. The van der Waals surface area contributed by atoms with E-state index in [1.807, 2.05) is 19.5 Å². The number of methoxy groups -OCH3 is 1. The molecule has 1 atom stereocenters. The van der Waals surface area contributed by atoms with Gasteiger partial charge in [0.2, 0.25) is 0 Å². The van der Waals surface area contributed by atoms with Gasteiger partial charge in [0.25, 0.3) is 0 Å². The van der Waals surface area contributed by atoms with Gasteiger partial charge in [0.15, 0.2) is 0 Å². The van der Waals surface area contributed by atoms with Crippen molar-refractivity contribution in [3.63, 3.8) is 0 Å². The van der Waals surface area contributed by atoms with Gasteiger partial charge in [-0.1, -0.05) is 19.8 Å². The minimum atomic E-state index is 0.00111. The smallest absolute Gasteiger partial charge is 0.110 e. The van der Waals surface area contributed by atoms with Crippen LogP contribution >= 0.6 is 0 Å². The van der Waals surface area contributed by atoms with Crippen LogP contribution in [0, 0.1) is 0 Å². The molecule has 108 valence electrons. The van der Waals surface area contributed by atoms with E-state index in [9.17, 15) is 0 Å². The summed E-state index contributed by atoms with van der Waals surface area (Å²) in [5.41, 5.74) is 0.00111. The lowest BCUT2D eigenvalue weighted by atomic mass is 9.89. The van der Waals surface area contributed by atoms with Crippen LogP contribution in [0.4, 0.5) is 0 Å². The molecule has 1 aromatic rings. The Hall–Kier alpha value is -0.870. The van der Waals surface area contributed by atoms with Crippen LogP contribution in [0.3, 0.4) is 0 Å². The number of aryl methyl sites for hydroxylation is 1. The van der Waals surface area contributed by atoms with E-state index in [-0.39, 0.29) is 5.60 Å². The Kier molecular flexibility index (Phi) is 4.99. The van der Waals surface area contributed by atoms with Crippen LogP contribution in [0.2, 0.25) is 0 Å². The molecule has 2 rings (SSSR count). The molecule has 0 aromatic carbocycles. The van der Waals surface area contributed by atoms with Crippen molar-refractivity contribution < 1.29 is 4.74 Å². The number of nitrogens with one attached hydrogen (secondary N) is 1. The molecule has 0 saturated heterocycles. The fraction of sp³-hybridized carbons (Fsp3) is 0.800. The van der Waals surface area contributed by atoms with Crippen LogP contribution in [-0.4, -0.2) is 34.8 Å². The van der Waals surface area contributed by atoms with Gasteiger partial charge < -0.3 is 14.6 Å². The number of nitrogens with zero attached hydrogens (tertiary/aromatic N) is 2. The Labute approximate surface area is 116 Å². The molecule has 1 saturated carbocycles. The maximum absolute atomic E-state index is 5.95. The summed E-state index contributed by atoms with van der Waals surface area (Å²) < 4.78 is 8.06. The number of aromatic nitrogens is 2. The molecule has 0 amide bonds. The second kappa shape index (κ2) is 6.53. The standard InChI is InChI=1S/C15H27N3O/c1-4-9-16-13(12-14-17-10-11-18(14)2)15(19-3)7-5-6-8-15/h10-11,13,16H,4-9,12H2,1-3H3. The largest absolute Gasteiger partial charge is 0.377 e. The summed E-state index contributed by atoms with van der Waals surface area (Å²) in [5, 5.41) is 3.69. The maximum atomic E-state index is 5.95. The van der Waals surface area contributed by atoms with Crippen LogP contribution in [0.25, 0.3) is 0 Å². The van der Waals surface area contributed by atoms with Crippen molar-refractivity contribution in [2.45, 2.75) is 57.1 Å². The molecule has 1 unspecified atom stereocenters. The van der Waals surface area contributed by atoms with Gasteiger partial charge in [0, 0.05) is 39.0 Å². The highest BCUT2D eigenvalue weighted by Gasteiger charge is 2.41. The quantitative estimate of drug-likeness (QED) is 0.822. The van der Waals surface area contributed by atoms with Gasteiger partial charge >= 0.3 is 0 Å². The van der Waals surface area contributed by atoms with Gasteiger partial charge in [-0.2, -0.15) is 0 Å². The highest BCUT2D eigenvalue weighted by molar-refractivity contribution is 5.03. The van der Waals surface area contributed by atoms with E-state index >= 15 is 0 Å². The van der Waals surface area contributed by atoms with Crippen molar-refractivity contribution >= 4 is 0 Å². The second-order valence-corrected chi connectivity index (χ2v) is 5.64. The third kappa shape index (κ3) is 3.18. The van der Waals surface area contributed by atoms with E-state index in [1.54, 1.807) is 0 Å². The minimum Gasteiger partial charge on any atom is -0.377 e. The van der Waals surface area contributed by atoms with E-state index in [0.717, 1.165) is 38.1 Å². The van der Waals surface area contributed by atoms with Crippen molar-refractivity contribution in [2.75, 3.05) is 13.7 Å². The summed E-state index contributed by atoms with van der Waals surface area (Å²) in [6, 6.07) is 0.362. The van der Waals surface area contributed by atoms with E-state index < -0.39 is 0 Å². The monoisotopic (exact) mass is 265 g/mol. The molecule has 1 aliphatic carbocycles. The molecule has 1 N–H and O–H groups in total. The number of hydrogen-bond acceptors (Lipinski definition) is 3. The Morgan fingerprint density at radius 1 is 1.47 bits per heavy atom. The lowest BCUT2D eigenvalue weighted by Gasteiger charge is -2.37. The van der Waals surface area contributed by atoms with E-state index in [2.05, 4.69) is 28.8 Å². The van der Waals surface area contributed by atoms with E-state index in [1.165, 1.54) is 12.8 Å². The van der Waals surface area contributed by atoms with Crippen LogP contribution in [-0.2, 0) is 18.2 Å². The van der Waals surface area contributed by atoms with Crippen LogP contribution < -0.4 is 5.32 Å². The number of ether oxygens (including phenoxy) is 1. The second-order valence-electron chi connectivity index (χ2n) is 5.64. The van der Waals surface area contributed by atoms with Crippen LogP contribution in [0.15, 0.2) is 12.4 Å². The fourth-order valence-corrected chi connectivity index (χ4v) is 3.21. The summed E-state index contributed by atoms with van der Waals surface area (Å²) in [7, 11) is 3.93. The lowest BCUT2D eigenvalue weighted by Crippen LogP contribution is -2.52. The third-order valence-electron chi connectivity index (χ3n) is 4.44. The van der Waals surface area contributed by atoms with Crippen molar-refractivity contribution in [2.24, 2.45) is 7.05 Å². The molecule has 0 aliphatic heterocycles. The highest BCUT2D eigenvalue weighted by Crippen LogP contribution is 2.36. The lowest BCUT2D eigenvalue weighted by molar-refractivity contribution is -0.0360. The van der Waals surface area contributed by atoms with Gasteiger partial charge in [-0.05, 0) is 25.8 Å². The van der Waals surface area contributed by atoms with E-state index in [0.29, 0.717) is 6.04 Å². The van der Waals surface area contributed by atoms with Gasteiger partial charge in [-0.15, -0.1) is 0 Å². The zero-order valence-electron chi connectivity index (χ0n) is 12.5. The molecule has 1 fully saturated rings. The minimum absolute atomic E-state index is 0.00111. The average molecular weight is 265 g/mol. The molecular formula is C15H27N3O. The summed E-state index contributed by atoms with van der Waals surface area (Å²) >= 11 is 0. The fourth-order valence-electron chi connectivity index (χ4n) is 3.21. The predicted octanol–water partition coefficient (Wildman–Crippen LogP) is 2.29. The number of rotatable bonds is 7. The van der Waals surface area contributed by atoms with Gasteiger partial charge in [0.1, 0.15) is 5.82 Å². The molecule has 0 radical (unpaired) electrons. The molecule has 4 heteroatoms. The van der Waals surface area contributed by atoms with Crippen molar-refractivity contribution in [3.05, 3.63) is 18.2 Å². The first-order valence-electron chi connectivity index (χ1n) is 7.46. The van der Waals surface area contributed by atoms with Crippen LogP contribution in [0.1, 0.15) is 44.9 Å². The van der Waals surface area contributed by atoms with Crippen LogP contribution in [0.5, 0.6) is 0 Å². The first kappa shape index (κ1) is 14.5. The van der Waals surface area contributed by atoms with Gasteiger partial charge in [-0.25, -0.2) is 4.98 Å². The van der Waals surface area contributed by atoms with Gasteiger partial charge in [0.05, 0.1) is 5.60 Å². The summed E-state index contributed by atoms with van der Waals surface area (Å²) in [4.78, 5) is 4.47. The molecule has 1 aliphatic rings. The Morgan fingerprint density at radius 2 is 2.21 bits per heavy atom. The highest BCUT2D eigenvalue weighted by atomic mass is 16.5. The predicted molar refractivity (Wildman–Crippen MR) is 77.2 cm³/mol. The number of hydrogen-bond donors (Lipinski definition) is 1. The Morgan fingerprint density at radius 3 is 2.74 bits per heavy atom. The maximum Gasteiger partial charge on any atom is 0.110 e. The first-order valence-corrected chi connectivity index (χ1v) is 7.46. The molecular weight excluding hydrogens is 238 g/mol. The van der Waals surface area contributed by atoms with Crippen molar-refractivity contribution in [1.29, 1.82) is 0 Å². The molecule has 1 heterocycles. The SMILES string of the molecule is CCCNC(Cc1nccn1C)C1(OC)CCCC1. The molecule has 0 spiro atoms. The number of imidazole rings is 1. The summed E-state index contributed by atoms with van der Waals surface area (Å²) in [6.07, 6.45) is 10.9.